The summed E-state index contributed by atoms with van der Waals surface area (Å²) in [5.41, 5.74) is 1.09. The van der Waals surface area contributed by atoms with Crippen LogP contribution < -0.4 is 14.8 Å². The van der Waals surface area contributed by atoms with Crippen LogP contribution in [-0.2, 0) is 0 Å². The van der Waals surface area contributed by atoms with Gasteiger partial charge in [0.25, 0.3) is 5.91 Å². The van der Waals surface area contributed by atoms with E-state index in [0.29, 0.717) is 36.0 Å². The highest BCUT2D eigenvalue weighted by Gasteiger charge is 2.16. The Bertz CT molecular complexity index is 686. The van der Waals surface area contributed by atoms with E-state index in [1.165, 1.54) is 12.1 Å². The number of hydrogen-bond acceptors (Lipinski definition) is 4. The van der Waals surface area contributed by atoms with Gasteiger partial charge in [0.15, 0.2) is 11.5 Å². The number of halogens is 1. The van der Waals surface area contributed by atoms with Crippen LogP contribution in [0, 0.1) is 3.57 Å². The number of aromatic hydroxyl groups is 1. The minimum atomic E-state index is -0.252. The third kappa shape index (κ3) is 4.51. The summed E-state index contributed by atoms with van der Waals surface area (Å²) in [6.45, 7) is 4.79. The maximum Gasteiger partial charge on any atom is 0.255 e. The molecule has 6 heteroatoms. The van der Waals surface area contributed by atoms with Crippen molar-refractivity contribution in [2.24, 2.45) is 0 Å². The molecular formula is C17H18INO4. The number of nitrogens with one attached hydrogen (secondary N) is 1. The summed E-state index contributed by atoms with van der Waals surface area (Å²) in [5, 5.41) is 12.1. The van der Waals surface area contributed by atoms with E-state index in [9.17, 15) is 9.90 Å². The third-order valence-corrected chi connectivity index (χ3v) is 3.79. The largest absolute Gasteiger partial charge is 0.508 e. The summed E-state index contributed by atoms with van der Waals surface area (Å²) in [5.74, 6) is 1.10. The first-order valence-electron chi connectivity index (χ1n) is 7.24. The fourth-order valence-electron chi connectivity index (χ4n) is 1.99. The molecule has 0 aliphatic rings. The maximum atomic E-state index is 12.4. The molecule has 2 rings (SSSR count). The van der Waals surface area contributed by atoms with Gasteiger partial charge in [-0.05, 0) is 72.8 Å². The summed E-state index contributed by atoms with van der Waals surface area (Å²) in [6, 6.07) is 9.73. The predicted octanol–water partition coefficient (Wildman–Crippen LogP) is 4.05. The zero-order valence-corrected chi connectivity index (χ0v) is 15.1. The Morgan fingerprint density at radius 2 is 1.78 bits per heavy atom. The standard InChI is InChI=1S/C17H18INO4/c1-3-22-15-10-11(9-14(18)16(15)23-4-2)17(21)19-12-5-7-13(20)8-6-12/h5-10,20H,3-4H2,1-2H3,(H,19,21). The van der Waals surface area contributed by atoms with E-state index in [4.69, 9.17) is 9.47 Å². The van der Waals surface area contributed by atoms with Crippen molar-refractivity contribution in [2.75, 3.05) is 18.5 Å². The Balaban J connectivity index is 2.27. The Morgan fingerprint density at radius 3 is 2.39 bits per heavy atom. The summed E-state index contributed by atoms with van der Waals surface area (Å²) in [7, 11) is 0. The molecule has 5 nitrogen and oxygen atoms in total. The van der Waals surface area contributed by atoms with Crippen molar-refractivity contribution in [3.8, 4) is 17.2 Å². The summed E-state index contributed by atoms with van der Waals surface area (Å²) in [6.07, 6.45) is 0. The van der Waals surface area contributed by atoms with Gasteiger partial charge in [-0.2, -0.15) is 0 Å². The molecule has 2 aromatic rings. The quantitative estimate of drug-likeness (QED) is 0.540. The second kappa shape index (κ2) is 8.05. The van der Waals surface area contributed by atoms with Gasteiger partial charge in [-0.1, -0.05) is 0 Å². The average Bonchev–Trinajstić information content (AvgIpc) is 2.53. The molecule has 0 radical (unpaired) electrons. The number of rotatable bonds is 6. The Labute approximate surface area is 148 Å². The van der Waals surface area contributed by atoms with Gasteiger partial charge in [0.05, 0.1) is 16.8 Å². The molecule has 0 atom stereocenters. The topological polar surface area (TPSA) is 67.8 Å². The number of amides is 1. The van der Waals surface area contributed by atoms with Crippen molar-refractivity contribution < 1.29 is 19.4 Å². The highest BCUT2D eigenvalue weighted by atomic mass is 127. The minimum absolute atomic E-state index is 0.150. The van der Waals surface area contributed by atoms with Crippen LogP contribution >= 0.6 is 22.6 Å². The molecule has 0 saturated carbocycles. The van der Waals surface area contributed by atoms with Crippen LogP contribution in [0.25, 0.3) is 0 Å². The molecule has 1 amide bonds. The van der Waals surface area contributed by atoms with E-state index in [1.807, 2.05) is 13.8 Å². The first kappa shape index (κ1) is 17.4. The molecule has 0 fully saturated rings. The Morgan fingerprint density at radius 1 is 1.13 bits per heavy atom. The molecule has 0 aliphatic carbocycles. The molecule has 2 aromatic carbocycles. The minimum Gasteiger partial charge on any atom is -0.508 e. The number of phenolic OH excluding ortho intramolecular Hbond substituents is 1. The Hall–Kier alpha value is -1.96. The molecule has 0 aliphatic heterocycles. The number of benzene rings is 2. The van der Waals surface area contributed by atoms with Gasteiger partial charge >= 0.3 is 0 Å². The lowest BCUT2D eigenvalue weighted by Crippen LogP contribution is -2.13. The molecule has 2 N–H and O–H groups in total. The zero-order chi connectivity index (χ0) is 16.8. The first-order valence-corrected chi connectivity index (χ1v) is 8.32. The van der Waals surface area contributed by atoms with Gasteiger partial charge in [0, 0.05) is 11.3 Å². The predicted molar refractivity (Wildman–Crippen MR) is 97.6 cm³/mol. The van der Waals surface area contributed by atoms with Gasteiger partial charge in [0.2, 0.25) is 0 Å². The van der Waals surface area contributed by atoms with Gasteiger partial charge < -0.3 is 19.9 Å². The normalized spacial score (nSPS) is 10.2. The van der Waals surface area contributed by atoms with E-state index < -0.39 is 0 Å². The lowest BCUT2D eigenvalue weighted by molar-refractivity contribution is 0.102. The average molecular weight is 427 g/mol. The van der Waals surface area contributed by atoms with Crippen LogP contribution in [0.2, 0.25) is 0 Å². The van der Waals surface area contributed by atoms with E-state index in [2.05, 4.69) is 27.9 Å². The smallest absolute Gasteiger partial charge is 0.255 e. The number of phenols is 1. The molecule has 122 valence electrons. The summed E-state index contributed by atoms with van der Waals surface area (Å²) < 4.78 is 12.0. The lowest BCUT2D eigenvalue weighted by Gasteiger charge is -2.14. The van der Waals surface area contributed by atoms with E-state index in [-0.39, 0.29) is 11.7 Å². The third-order valence-electron chi connectivity index (χ3n) is 2.99. The highest BCUT2D eigenvalue weighted by Crippen LogP contribution is 2.34. The Kier molecular flexibility index (Phi) is 6.09. The lowest BCUT2D eigenvalue weighted by atomic mass is 10.1. The van der Waals surface area contributed by atoms with E-state index >= 15 is 0 Å². The van der Waals surface area contributed by atoms with Gasteiger partial charge in [0.1, 0.15) is 5.75 Å². The van der Waals surface area contributed by atoms with Crippen LogP contribution in [0.5, 0.6) is 17.2 Å². The fraction of sp³-hybridized carbons (Fsp3) is 0.235. The maximum absolute atomic E-state index is 12.4. The molecule has 0 bridgehead atoms. The number of anilines is 1. The number of carbonyl (C=O) groups excluding carboxylic acids is 1. The van der Waals surface area contributed by atoms with Crippen LogP contribution in [0.3, 0.4) is 0 Å². The van der Waals surface area contributed by atoms with Crippen molar-refractivity contribution in [2.45, 2.75) is 13.8 Å². The summed E-state index contributed by atoms with van der Waals surface area (Å²) >= 11 is 2.13. The molecule has 0 spiro atoms. The first-order chi connectivity index (χ1) is 11.0. The monoisotopic (exact) mass is 427 g/mol. The van der Waals surface area contributed by atoms with Crippen molar-refractivity contribution in [1.82, 2.24) is 0 Å². The second-order valence-electron chi connectivity index (χ2n) is 4.65. The van der Waals surface area contributed by atoms with E-state index in [0.717, 1.165) is 3.57 Å². The zero-order valence-electron chi connectivity index (χ0n) is 12.9. The van der Waals surface area contributed by atoms with Crippen LogP contribution in [0.15, 0.2) is 36.4 Å². The molecule has 0 heterocycles. The van der Waals surface area contributed by atoms with Gasteiger partial charge in [-0.15, -0.1) is 0 Å². The molecule has 0 aromatic heterocycles. The van der Waals surface area contributed by atoms with Crippen LogP contribution in [-0.4, -0.2) is 24.2 Å². The molecule has 0 saturated heterocycles. The van der Waals surface area contributed by atoms with Crippen molar-refractivity contribution in [3.05, 3.63) is 45.5 Å². The second-order valence-corrected chi connectivity index (χ2v) is 5.81. The number of ether oxygens (including phenoxy) is 2. The van der Waals surface area contributed by atoms with Gasteiger partial charge in [-0.3, -0.25) is 4.79 Å². The van der Waals surface area contributed by atoms with E-state index in [1.54, 1.807) is 24.3 Å². The van der Waals surface area contributed by atoms with Crippen molar-refractivity contribution in [3.63, 3.8) is 0 Å². The van der Waals surface area contributed by atoms with Crippen LogP contribution in [0.4, 0.5) is 5.69 Å². The van der Waals surface area contributed by atoms with Gasteiger partial charge in [-0.25, -0.2) is 0 Å². The summed E-state index contributed by atoms with van der Waals surface area (Å²) in [4.78, 5) is 12.4. The fourth-order valence-corrected chi connectivity index (χ4v) is 2.75. The number of hydrogen-bond donors (Lipinski definition) is 2. The van der Waals surface area contributed by atoms with Crippen molar-refractivity contribution >= 4 is 34.2 Å². The molecule has 23 heavy (non-hydrogen) atoms. The molecule has 0 unspecified atom stereocenters. The molecular weight excluding hydrogens is 409 g/mol. The van der Waals surface area contributed by atoms with Crippen LogP contribution in [0.1, 0.15) is 24.2 Å². The van der Waals surface area contributed by atoms with Crippen molar-refractivity contribution in [1.29, 1.82) is 0 Å². The SMILES string of the molecule is CCOc1cc(C(=O)Nc2ccc(O)cc2)cc(I)c1OCC. The highest BCUT2D eigenvalue weighted by molar-refractivity contribution is 14.1. The number of carbonyl (C=O) groups is 1.